The summed E-state index contributed by atoms with van der Waals surface area (Å²) in [6, 6.07) is 0. The summed E-state index contributed by atoms with van der Waals surface area (Å²) < 4.78 is 0. The van der Waals surface area contributed by atoms with Crippen LogP contribution in [0.15, 0.2) is 0 Å². The molecule has 1 amide bonds. The molecule has 1 aliphatic rings. The third kappa shape index (κ3) is 6.12. The molecule has 0 bridgehead atoms. The second kappa shape index (κ2) is 7.06. The van der Waals surface area contributed by atoms with Crippen LogP contribution in [-0.2, 0) is 4.79 Å². The van der Waals surface area contributed by atoms with Crippen molar-refractivity contribution in [1.29, 1.82) is 0 Å². The lowest BCUT2D eigenvalue weighted by Crippen LogP contribution is -2.28. The molecule has 1 saturated heterocycles. The van der Waals surface area contributed by atoms with Gasteiger partial charge in [-0.15, -0.1) is 0 Å². The van der Waals surface area contributed by atoms with Gasteiger partial charge in [-0.3, -0.25) is 10.0 Å². The minimum absolute atomic E-state index is 0.181. The zero-order valence-electron chi connectivity index (χ0n) is 7.79. The predicted octanol–water partition coefficient (Wildman–Crippen LogP) is 0.470. The van der Waals surface area contributed by atoms with Gasteiger partial charge in [0.05, 0.1) is 0 Å². The molecule has 0 aromatic heterocycles. The quantitative estimate of drug-likeness (QED) is 0.345. The number of likely N-dealkylation sites (tertiary alicyclic amines) is 1. The molecule has 1 fully saturated rings. The number of rotatable bonds is 1. The molecule has 0 spiro atoms. The molecule has 0 radical (unpaired) electrons. The largest absolute Gasteiger partial charge is 0.306 e. The van der Waals surface area contributed by atoms with Gasteiger partial charge in [0.25, 0.3) is 0 Å². The highest BCUT2D eigenvalue weighted by molar-refractivity contribution is 5.43. The van der Waals surface area contributed by atoms with Crippen LogP contribution >= 0.6 is 0 Å². The molecular weight excluding hydrogens is 156 g/mol. The number of hydroxylamine groups is 1. The fourth-order valence-corrected chi connectivity index (χ4v) is 1.14. The second-order valence-corrected chi connectivity index (χ2v) is 3.23. The molecule has 4 nitrogen and oxygen atoms in total. The molecule has 4 heteroatoms. The van der Waals surface area contributed by atoms with Crippen LogP contribution in [-0.4, -0.2) is 36.7 Å². The van der Waals surface area contributed by atoms with Crippen molar-refractivity contribution in [2.75, 3.05) is 20.1 Å². The maximum Gasteiger partial charge on any atom is 0.230 e. The number of nitrogens with zero attached hydrogens (tertiary/aromatic N) is 1. The summed E-state index contributed by atoms with van der Waals surface area (Å²) in [4.78, 5) is 11.2. The van der Waals surface area contributed by atoms with E-state index in [2.05, 4.69) is 18.9 Å². The van der Waals surface area contributed by atoms with E-state index >= 15 is 0 Å². The molecule has 2 N–H and O–H groups in total. The van der Waals surface area contributed by atoms with E-state index in [-0.39, 0.29) is 6.41 Å². The SMILES string of the molecule is CC1CCN(C)CC1.O=CNO. The van der Waals surface area contributed by atoms with Crippen LogP contribution in [0.2, 0.25) is 0 Å². The Morgan fingerprint density at radius 1 is 1.50 bits per heavy atom. The van der Waals surface area contributed by atoms with Crippen LogP contribution in [0.3, 0.4) is 0 Å². The van der Waals surface area contributed by atoms with Gasteiger partial charge in [0.2, 0.25) is 6.41 Å². The third-order valence-corrected chi connectivity index (χ3v) is 2.06. The molecule has 0 aromatic carbocycles. The van der Waals surface area contributed by atoms with Crippen LogP contribution in [0.1, 0.15) is 19.8 Å². The monoisotopic (exact) mass is 174 g/mol. The lowest BCUT2D eigenvalue weighted by Gasteiger charge is -2.26. The van der Waals surface area contributed by atoms with Crippen molar-refractivity contribution >= 4 is 6.41 Å². The Kier molecular flexibility index (Phi) is 6.70. The number of carbonyl (C=O) groups is 1. The van der Waals surface area contributed by atoms with Crippen LogP contribution in [0.4, 0.5) is 0 Å². The standard InChI is InChI=1S/C7H15N.CH3NO2/c1-7-3-5-8(2)6-4-7;3-1-2-4/h7H,3-6H2,1-2H3;1,4H,(H,2,3). The van der Waals surface area contributed by atoms with Crippen molar-refractivity contribution in [2.45, 2.75) is 19.8 Å². The van der Waals surface area contributed by atoms with Gasteiger partial charge in [-0.1, -0.05) is 6.92 Å². The Bertz CT molecular complexity index is 102. The van der Waals surface area contributed by atoms with Gasteiger partial charge in [-0.2, -0.15) is 0 Å². The summed E-state index contributed by atoms with van der Waals surface area (Å²) in [6.07, 6.45) is 2.98. The molecule has 0 unspecified atom stereocenters. The van der Waals surface area contributed by atoms with Gasteiger partial charge in [-0.25, -0.2) is 5.48 Å². The van der Waals surface area contributed by atoms with Crippen LogP contribution < -0.4 is 5.48 Å². The average Bonchev–Trinajstić information content (AvgIpc) is 2.11. The summed E-state index contributed by atoms with van der Waals surface area (Å²) in [5.74, 6) is 0.978. The minimum Gasteiger partial charge on any atom is -0.306 e. The second-order valence-electron chi connectivity index (χ2n) is 3.23. The molecule has 72 valence electrons. The number of carbonyl (C=O) groups excluding carboxylic acids is 1. The van der Waals surface area contributed by atoms with Gasteiger partial charge in [-0.05, 0) is 38.9 Å². The zero-order chi connectivity index (χ0) is 9.40. The number of piperidine rings is 1. The molecule has 0 aliphatic carbocycles. The molecule has 1 rings (SSSR count). The number of hydrogen-bond donors (Lipinski definition) is 2. The van der Waals surface area contributed by atoms with E-state index < -0.39 is 0 Å². The van der Waals surface area contributed by atoms with Gasteiger partial charge in [0, 0.05) is 0 Å². The van der Waals surface area contributed by atoms with E-state index in [0.717, 1.165) is 5.92 Å². The summed E-state index contributed by atoms with van der Waals surface area (Å²) in [5, 5.41) is 7.26. The van der Waals surface area contributed by atoms with E-state index in [0.29, 0.717) is 0 Å². The molecular formula is C8H18N2O2. The van der Waals surface area contributed by atoms with Gasteiger partial charge < -0.3 is 4.90 Å². The molecule has 1 heterocycles. The molecule has 12 heavy (non-hydrogen) atoms. The van der Waals surface area contributed by atoms with Gasteiger partial charge in [0.15, 0.2) is 0 Å². The topological polar surface area (TPSA) is 52.6 Å². The molecule has 0 aromatic rings. The average molecular weight is 174 g/mol. The summed E-state index contributed by atoms with van der Waals surface area (Å²) in [7, 11) is 2.20. The molecule has 1 aliphatic heterocycles. The van der Waals surface area contributed by atoms with E-state index in [1.165, 1.54) is 31.4 Å². The van der Waals surface area contributed by atoms with Crippen LogP contribution in [0.5, 0.6) is 0 Å². The highest BCUT2D eigenvalue weighted by Gasteiger charge is 2.10. The first kappa shape index (κ1) is 11.4. The first-order valence-electron chi connectivity index (χ1n) is 4.22. The van der Waals surface area contributed by atoms with E-state index in [4.69, 9.17) is 10.0 Å². The van der Waals surface area contributed by atoms with E-state index in [9.17, 15) is 0 Å². The first-order valence-corrected chi connectivity index (χ1v) is 4.22. The smallest absolute Gasteiger partial charge is 0.230 e. The van der Waals surface area contributed by atoms with E-state index in [1.807, 2.05) is 0 Å². The number of amides is 1. The molecule has 0 atom stereocenters. The fraction of sp³-hybridized carbons (Fsp3) is 0.875. The van der Waals surface area contributed by atoms with Crippen molar-refractivity contribution in [2.24, 2.45) is 5.92 Å². The zero-order valence-corrected chi connectivity index (χ0v) is 7.79. The Hall–Kier alpha value is -0.610. The van der Waals surface area contributed by atoms with Gasteiger partial charge in [0.1, 0.15) is 0 Å². The summed E-state index contributed by atoms with van der Waals surface area (Å²) in [6.45, 7) is 4.95. The highest BCUT2D eigenvalue weighted by Crippen LogP contribution is 2.13. The van der Waals surface area contributed by atoms with Crippen molar-refractivity contribution in [1.82, 2.24) is 10.4 Å². The maximum absolute atomic E-state index is 8.81. The van der Waals surface area contributed by atoms with Crippen molar-refractivity contribution in [3.8, 4) is 0 Å². The minimum atomic E-state index is 0.181. The Balaban J connectivity index is 0.000000261. The van der Waals surface area contributed by atoms with Crippen LogP contribution in [0.25, 0.3) is 0 Å². The third-order valence-electron chi connectivity index (χ3n) is 2.06. The lowest BCUT2D eigenvalue weighted by molar-refractivity contribution is -0.116. The Morgan fingerprint density at radius 2 is 1.92 bits per heavy atom. The Morgan fingerprint density at radius 3 is 2.17 bits per heavy atom. The highest BCUT2D eigenvalue weighted by atomic mass is 16.5. The normalized spacial score (nSPS) is 19.2. The molecule has 0 saturated carbocycles. The maximum atomic E-state index is 8.81. The first-order chi connectivity index (χ1) is 5.70. The number of nitrogens with one attached hydrogen (secondary N) is 1. The fourth-order valence-electron chi connectivity index (χ4n) is 1.14. The predicted molar refractivity (Wildman–Crippen MR) is 46.9 cm³/mol. The van der Waals surface area contributed by atoms with Crippen molar-refractivity contribution in [3.05, 3.63) is 0 Å². The van der Waals surface area contributed by atoms with Gasteiger partial charge >= 0.3 is 0 Å². The lowest BCUT2D eigenvalue weighted by atomic mass is 10.00. The number of hydrogen-bond acceptors (Lipinski definition) is 3. The summed E-state index contributed by atoms with van der Waals surface area (Å²) >= 11 is 0. The summed E-state index contributed by atoms with van der Waals surface area (Å²) in [5.41, 5.74) is 1.25. The van der Waals surface area contributed by atoms with Crippen molar-refractivity contribution < 1.29 is 10.0 Å². The van der Waals surface area contributed by atoms with E-state index in [1.54, 1.807) is 0 Å². The van der Waals surface area contributed by atoms with Crippen LogP contribution in [0, 0.1) is 5.92 Å². The Labute approximate surface area is 73.5 Å². The van der Waals surface area contributed by atoms with Crippen molar-refractivity contribution in [3.63, 3.8) is 0 Å².